The molecule has 0 saturated carbocycles. The van der Waals surface area contributed by atoms with Crippen LogP contribution in [0.4, 0.5) is 0 Å². The third kappa shape index (κ3) is 3.15. The minimum Gasteiger partial charge on any atom is -0.459 e. The molecule has 4 aromatic rings. The van der Waals surface area contributed by atoms with Crippen LogP contribution in [0.5, 0.6) is 0 Å². The molecule has 0 bridgehead atoms. The second-order valence-corrected chi connectivity index (χ2v) is 5.72. The molecular formula is C21H16N2O2. The highest BCUT2D eigenvalue weighted by atomic mass is 16.3. The van der Waals surface area contributed by atoms with Gasteiger partial charge >= 0.3 is 0 Å². The number of nitrogens with zero attached hydrogens (tertiary/aromatic N) is 1. The molecule has 1 amide bonds. The van der Waals surface area contributed by atoms with Crippen molar-refractivity contribution in [1.29, 1.82) is 0 Å². The van der Waals surface area contributed by atoms with E-state index in [1.54, 1.807) is 24.4 Å². The predicted molar refractivity (Wildman–Crippen MR) is 96.2 cm³/mol. The normalized spacial score (nSPS) is 12.0. The van der Waals surface area contributed by atoms with Crippen LogP contribution in [-0.2, 0) is 0 Å². The zero-order valence-corrected chi connectivity index (χ0v) is 13.4. The number of amides is 1. The van der Waals surface area contributed by atoms with Gasteiger partial charge in [0.2, 0.25) is 0 Å². The molecule has 1 N–H and O–H groups in total. The van der Waals surface area contributed by atoms with Crippen LogP contribution >= 0.6 is 0 Å². The first-order valence-corrected chi connectivity index (χ1v) is 8.06. The maximum absolute atomic E-state index is 12.6. The Balaban J connectivity index is 1.73. The van der Waals surface area contributed by atoms with E-state index in [0.29, 0.717) is 11.5 Å². The summed E-state index contributed by atoms with van der Waals surface area (Å²) in [6, 6.07) is 24.4. The van der Waals surface area contributed by atoms with E-state index in [1.165, 1.54) is 0 Å². The van der Waals surface area contributed by atoms with Crippen LogP contribution in [-0.4, -0.2) is 10.9 Å². The summed E-state index contributed by atoms with van der Waals surface area (Å²) < 4.78 is 5.99. The summed E-state index contributed by atoms with van der Waals surface area (Å²) in [7, 11) is 0. The Morgan fingerprint density at radius 3 is 2.44 bits per heavy atom. The minimum atomic E-state index is -0.386. The highest BCUT2D eigenvalue weighted by Crippen LogP contribution is 2.28. The molecule has 0 saturated heterocycles. The number of benzene rings is 2. The van der Waals surface area contributed by atoms with Gasteiger partial charge in [0, 0.05) is 11.6 Å². The Bertz CT molecular complexity index is 961. The van der Waals surface area contributed by atoms with E-state index in [-0.39, 0.29) is 11.9 Å². The number of pyridine rings is 1. The van der Waals surface area contributed by atoms with E-state index in [1.807, 2.05) is 60.7 Å². The van der Waals surface area contributed by atoms with Crippen LogP contribution in [0.3, 0.4) is 0 Å². The Morgan fingerprint density at radius 2 is 1.68 bits per heavy atom. The number of nitrogens with one attached hydrogen (secondary N) is 1. The summed E-state index contributed by atoms with van der Waals surface area (Å²) in [5, 5.41) is 4.04. The number of carbonyl (C=O) groups excluding carboxylic acids is 1. The molecule has 0 spiro atoms. The van der Waals surface area contributed by atoms with E-state index in [2.05, 4.69) is 10.3 Å². The third-order valence-corrected chi connectivity index (χ3v) is 4.03. The van der Waals surface area contributed by atoms with Crippen LogP contribution in [0.1, 0.15) is 27.9 Å². The molecule has 2 aromatic heterocycles. The molecular weight excluding hydrogens is 312 g/mol. The minimum absolute atomic E-state index is 0.241. The molecule has 0 aliphatic carbocycles. The third-order valence-electron chi connectivity index (χ3n) is 4.03. The summed E-state index contributed by atoms with van der Waals surface area (Å²) in [5.74, 6) is 0.451. The topological polar surface area (TPSA) is 55.1 Å². The standard InChI is InChI=1S/C21H16N2O2/c24-21(17-11-6-7-13-22-17)23-20(15-8-2-1-3-9-15)19-14-16-10-4-5-12-18(16)25-19/h1-14,20H,(H,23,24)/t20-/m0/s1. The molecule has 4 nitrogen and oxygen atoms in total. The van der Waals surface area contributed by atoms with Crippen LogP contribution in [0, 0.1) is 0 Å². The molecule has 2 aromatic carbocycles. The maximum Gasteiger partial charge on any atom is 0.270 e. The van der Waals surface area contributed by atoms with Crippen molar-refractivity contribution in [2.75, 3.05) is 0 Å². The summed E-state index contributed by atoms with van der Waals surface area (Å²) in [6.07, 6.45) is 1.60. The number of para-hydroxylation sites is 1. The van der Waals surface area contributed by atoms with E-state index < -0.39 is 0 Å². The SMILES string of the molecule is O=C(N[C@@H](c1ccccc1)c1cc2ccccc2o1)c1ccccn1. The molecule has 0 fully saturated rings. The van der Waals surface area contributed by atoms with E-state index in [4.69, 9.17) is 4.42 Å². The van der Waals surface area contributed by atoms with Crippen LogP contribution in [0.25, 0.3) is 11.0 Å². The summed E-state index contributed by atoms with van der Waals surface area (Å²) in [4.78, 5) is 16.7. The van der Waals surface area contributed by atoms with Crippen molar-refractivity contribution in [2.45, 2.75) is 6.04 Å². The molecule has 0 radical (unpaired) electrons. The molecule has 2 heterocycles. The van der Waals surface area contributed by atoms with Gasteiger partial charge in [-0.15, -0.1) is 0 Å². The van der Waals surface area contributed by atoms with E-state index in [9.17, 15) is 4.79 Å². The van der Waals surface area contributed by atoms with Crippen molar-refractivity contribution in [3.8, 4) is 0 Å². The fourth-order valence-electron chi connectivity index (χ4n) is 2.81. The lowest BCUT2D eigenvalue weighted by Gasteiger charge is -2.17. The smallest absolute Gasteiger partial charge is 0.270 e. The Kier molecular flexibility index (Phi) is 4.01. The number of rotatable bonds is 4. The van der Waals surface area contributed by atoms with Gasteiger partial charge in [-0.2, -0.15) is 0 Å². The van der Waals surface area contributed by atoms with Gasteiger partial charge in [-0.25, -0.2) is 0 Å². The number of aromatic nitrogens is 1. The lowest BCUT2D eigenvalue weighted by molar-refractivity contribution is 0.0934. The number of carbonyl (C=O) groups is 1. The van der Waals surface area contributed by atoms with Gasteiger partial charge in [-0.05, 0) is 29.8 Å². The first-order chi connectivity index (χ1) is 12.3. The van der Waals surface area contributed by atoms with Gasteiger partial charge in [0.1, 0.15) is 23.1 Å². The first-order valence-electron chi connectivity index (χ1n) is 8.06. The van der Waals surface area contributed by atoms with Crippen LogP contribution in [0.15, 0.2) is 89.5 Å². The summed E-state index contributed by atoms with van der Waals surface area (Å²) >= 11 is 0. The molecule has 0 aliphatic rings. The molecule has 4 rings (SSSR count). The monoisotopic (exact) mass is 328 g/mol. The van der Waals surface area contributed by atoms with E-state index >= 15 is 0 Å². The van der Waals surface area contributed by atoms with Gasteiger partial charge in [0.15, 0.2) is 0 Å². The molecule has 4 heteroatoms. The second kappa shape index (κ2) is 6.61. The lowest BCUT2D eigenvalue weighted by Crippen LogP contribution is -2.29. The van der Waals surface area contributed by atoms with Gasteiger partial charge < -0.3 is 9.73 Å². The predicted octanol–water partition coefficient (Wildman–Crippen LogP) is 4.35. The lowest BCUT2D eigenvalue weighted by atomic mass is 10.0. The molecule has 0 aliphatic heterocycles. The average molecular weight is 328 g/mol. The van der Waals surface area contributed by atoms with Crippen molar-refractivity contribution in [1.82, 2.24) is 10.3 Å². The van der Waals surface area contributed by atoms with Gasteiger partial charge in [-0.1, -0.05) is 54.6 Å². The van der Waals surface area contributed by atoms with Crippen molar-refractivity contribution < 1.29 is 9.21 Å². The van der Waals surface area contributed by atoms with Crippen molar-refractivity contribution in [3.63, 3.8) is 0 Å². The molecule has 25 heavy (non-hydrogen) atoms. The van der Waals surface area contributed by atoms with Gasteiger partial charge in [0.25, 0.3) is 5.91 Å². The van der Waals surface area contributed by atoms with Crippen LogP contribution < -0.4 is 5.32 Å². The molecule has 122 valence electrons. The Morgan fingerprint density at radius 1 is 0.920 bits per heavy atom. The van der Waals surface area contributed by atoms with Crippen molar-refractivity contribution in [2.24, 2.45) is 0 Å². The van der Waals surface area contributed by atoms with Crippen molar-refractivity contribution in [3.05, 3.63) is 102 Å². The quantitative estimate of drug-likeness (QED) is 0.606. The van der Waals surface area contributed by atoms with Gasteiger partial charge in [-0.3, -0.25) is 9.78 Å². The molecule has 0 unspecified atom stereocenters. The van der Waals surface area contributed by atoms with Crippen LogP contribution in [0.2, 0.25) is 0 Å². The Labute approximate surface area is 145 Å². The number of furan rings is 1. The Hall–Kier alpha value is -3.40. The highest BCUT2D eigenvalue weighted by Gasteiger charge is 2.21. The fraction of sp³-hybridized carbons (Fsp3) is 0.0476. The average Bonchev–Trinajstić information content (AvgIpc) is 3.11. The number of hydrogen-bond donors (Lipinski definition) is 1. The highest BCUT2D eigenvalue weighted by molar-refractivity contribution is 5.92. The summed E-state index contributed by atoms with van der Waals surface area (Å²) in [6.45, 7) is 0. The van der Waals surface area contributed by atoms with Gasteiger partial charge in [0.05, 0.1) is 0 Å². The van der Waals surface area contributed by atoms with E-state index in [0.717, 1.165) is 16.5 Å². The number of fused-ring (bicyclic) bond motifs is 1. The summed E-state index contributed by atoms with van der Waals surface area (Å²) in [5.41, 5.74) is 2.12. The maximum atomic E-state index is 12.6. The fourth-order valence-corrected chi connectivity index (χ4v) is 2.81. The largest absolute Gasteiger partial charge is 0.459 e. The van der Waals surface area contributed by atoms with Crippen molar-refractivity contribution >= 4 is 16.9 Å². The molecule has 1 atom stereocenters. The first kappa shape index (κ1) is 15.1. The zero-order chi connectivity index (χ0) is 17.1. The number of hydrogen-bond acceptors (Lipinski definition) is 3. The zero-order valence-electron chi connectivity index (χ0n) is 13.4. The second-order valence-electron chi connectivity index (χ2n) is 5.72.